The Balaban J connectivity index is 2.14. The molecule has 6 nitrogen and oxygen atoms in total. The van der Waals surface area contributed by atoms with Crippen molar-refractivity contribution in [2.24, 2.45) is 0 Å². The van der Waals surface area contributed by atoms with Crippen molar-refractivity contribution in [3.05, 3.63) is 42.1 Å². The molecule has 19 heavy (non-hydrogen) atoms. The highest BCUT2D eigenvalue weighted by Gasteiger charge is 2.09. The van der Waals surface area contributed by atoms with Gasteiger partial charge in [-0.05, 0) is 37.3 Å². The van der Waals surface area contributed by atoms with Crippen LogP contribution in [0.4, 0.5) is 11.5 Å². The van der Waals surface area contributed by atoms with E-state index >= 15 is 0 Å². The Morgan fingerprint density at radius 3 is 2.89 bits per heavy atom. The predicted octanol–water partition coefficient (Wildman–Crippen LogP) is 1.71. The summed E-state index contributed by atoms with van der Waals surface area (Å²) in [5, 5.41) is 10.1. The van der Waals surface area contributed by atoms with Crippen LogP contribution in [0.3, 0.4) is 0 Å². The molecule has 3 N–H and O–H groups in total. The van der Waals surface area contributed by atoms with Gasteiger partial charge in [0.1, 0.15) is 5.75 Å². The van der Waals surface area contributed by atoms with Crippen molar-refractivity contribution in [3.8, 4) is 5.75 Å². The van der Waals surface area contributed by atoms with E-state index in [4.69, 9.17) is 10.5 Å². The van der Waals surface area contributed by atoms with Gasteiger partial charge in [0.15, 0.2) is 5.82 Å². The summed E-state index contributed by atoms with van der Waals surface area (Å²) in [6, 6.07) is 8.23. The fraction of sp³-hybridized carbons (Fsp3) is 0.154. The Hall–Kier alpha value is -2.63. The number of nitrogens with one attached hydrogen (secondary N) is 1. The minimum atomic E-state index is -0.296. The van der Waals surface area contributed by atoms with Crippen molar-refractivity contribution >= 4 is 17.4 Å². The molecular formula is C13H14N4O2. The molecule has 2 aromatic rings. The Bertz CT molecular complexity index is 572. The lowest BCUT2D eigenvalue weighted by Crippen LogP contribution is -2.13. The summed E-state index contributed by atoms with van der Waals surface area (Å²) >= 11 is 0. The number of rotatable bonds is 4. The van der Waals surface area contributed by atoms with E-state index in [2.05, 4.69) is 15.5 Å². The number of aromatic nitrogens is 2. The van der Waals surface area contributed by atoms with E-state index in [9.17, 15) is 4.79 Å². The third kappa shape index (κ3) is 3.19. The number of nitrogens with two attached hydrogens (primary N) is 1. The average molecular weight is 258 g/mol. The molecular weight excluding hydrogens is 244 g/mol. The van der Waals surface area contributed by atoms with Crippen molar-refractivity contribution in [1.82, 2.24) is 10.2 Å². The topological polar surface area (TPSA) is 90.1 Å². The van der Waals surface area contributed by atoms with E-state index < -0.39 is 0 Å². The highest BCUT2D eigenvalue weighted by atomic mass is 16.5. The van der Waals surface area contributed by atoms with Gasteiger partial charge >= 0.3 is 0 Å². The number of nitrogen functional groups attached to an aromatic ring is 1. The second kappa shape index (κ2) is 5.81. The number of carbonyl (C=O) groups excluding carboxylic acids is 1. The molecule has 0 fully saturated rings. The number of amides is 1. The zero-order valence-corrected chi connectivity index (χ0v) is 10.5. The molecule has 0 bridgehead atoms. The van der Waals surface area contributed by atoms with Crippen LogP contribution in [0.5, 0.6) is 5.75 Å². The van der Waals surface area contributed by atoms with Crippen LogP contribution in [-0.2, 0) is 0 Å². The average Bonchev–Trinajstić information content (AvgIpc) is 2.42. The van der Waals surface area contributed by atoms with Crippen LogP contribution >= 0.6 is 0 Å². The fourth-order valence-corrected chi connectivity index (χ4v) is 1.53. The van der Waals surface area contributed by atoms with Gasteiger partial charge in [-0.15, -0.1) is 5.10 Å². The monoisotopic (exact) mass is 258 g/mol. The van der Waals surface area contributed by atoms with Gasteiger partial charge in [0.05, 0.1) is 12.3 Å². The molecule has 1 heterocycles. The van der Waals surface area contributed by atoms with Crippen LogP contribution in [0.1, 0.15) is 17.3 Å². The fourth-order valence-electron chi connectivity index (χ4n) is 1.53. The van der Waals surface area contributed by atoms with Crippen molar-refractivity contribution in [3.63, 3.8) is 0 Å². The quantitative estimate of drug-likeness (QED) is 0.815. The summed E-state index contributed by atoms with van der Waals surface area (Å²) in [5.74, 6) is 0.661. The Morgan fingerprint density at radius 1 is 1.42 bits per heavy atom. The van der Waals surface area contributed by atoms with E-state index in [-0.39, 0.29) is 5.91 Å². The Morgan fingerprint density at radius 2 is 2.26 bits per heavy atom. The number of anilines is 2. The smallest absolute Gasteiger partial charge is 0.256 e. The van der Waals surface area contributed by atoms with Crippen LogP contribution in [0.15, 0.2) is 36.5 Å². The minimum Gasteiger partial charge on any atom is -0.492 e. The maximum atomic E-state index is 12.0. The van der Waals surface area contributed by atoms with Crippen LogP contribution in [-0.4, -0.2) is 22.7 Å². The molecule has 1 aromatic heterocycles. The Labute approximate surface area is 110 Å². The first-order chi connectivity index (χ1) is 9.20. The van der Waals surface area contributed by atoms with Crippen molar-refractivity contribution in [1.29, 1.82) is 0 Å². The zero-order chi connectivity index (χ0) is 13.7. The van der Waals surface area contributed by atoms with E-state index in [0.29, 0.717) is 29.4 Å². The van der Waals surface area contributed by atoms with Gasteiger partial charge in [-0.3, -0.25) is 4.79 Å². The molecule has 2 rings (SSSR count). The van der Waals surface area contributed by atoms with Crippen LogP contribution < -0.4 is 15.8 Å². The number of hydrogen-bond acceptors (Lipinski definition) is 5. The number of ether oxygens (including phenoxy) is 1. The lowest BCUT2D eigenvalue weighted by Gasteiger charge is -2.08. The molecule has 6 heteroatoms. The van der Waals surface area contributed by atoms with Gasteiger partial charge in [-0.25, -0.2) is 0 Å². The second-order valence-electron chi connectivity index (χ2n) is 3.75. The van der Waals surface area contributed by atoms with E-state index in [1.54, 1.807) is 30.3 Å². The lowest BCUT2D eigenvalue weighted by atomic mass is 10.1. The van der Waals surface area contributed by atoms with E-state index in [1.165, 1.54) is 6.20 Å². The molecule has 0 aliphatic rings. The predicted molar refractivity (Wildman–Crippen MR) is 72.0 cm³/mol. The van der Waals surface area contributed by atoms with Gasteiger partial charge in [-0.1, -0.05) is 0 Å². The first-order valence-corrected chi connectivity index (χ1v) is 5.82. The highest BCUT2D eigenvalue weighted by Crippen LogP contribution is 2.22. The Kier molecular flexibility index (Phi) is 3.92. The number of hydrogen-bond donors (Lipinski definition) is 2. The third-order valence-electron chi connectivity index (χ3n) is 2.39. The summed E-state index contributed by atoms with van der Waals surface area (Å²) in [6.07, 6.45) is 1.53. The number of nitrogens with zero attached hydrogens (tertiary/aromatic N) is 2. The first kappa shape index (κ1) is 12.8. The van der Waals surface area contributed by atoms with Crippen molar-refractivity contribution in [2.45, 2.75) is 6.92 Å². The summed E-state index contributed by atoms with van der Waals surface area (Å²) < 4.78 is 5.31. The lowest BCUT2D eigenvalue weighted by molar-refractivity contribution is 0.102. The summed E-state index contributed by atoms with van der Waals surface area (Å²) in [7, 11) is 0. The van der Waals surface area contributed by atoms with Gasteiger partial charge < -0.3 is 15.8 Å². The first-order valence-electron chi connectivity index (χ1n) is 5.82. The summed E-state index contributed by atoms with van der Waals surface area (Å²) in [4.78, 5) is 12.0. The van der Waals surface area contributed by atoms with Crippen LogP contribution in [0.25, 0.3) is 0 Å². The highest BCUT2D eigenvalue weighted by molar-refractivity contribution is 6.04. The number of benzene rings is 1. The summed E-state index contributed by atoms with van der Waals surface area (Å²) in [5.41, 5.74) is 6.67. The molecule has 0 aliphatic carbocycles. The minimum absolute atomic E-state index is 0.296. The normalized spacial score (nSPS) is 9.95. The number of carbonyl (C=O) groups is 1. The molecule has 0 spiro atoms. The molecule has 1 aromatic carbocycles. The molecule has 0 radical (unpaired) electrons. The van der Waals surface area contributed by atoms with Crippen molar-refractivity contribution in [2.75, 3.05) is 17.7 Å². The molecule has 0 saturated carbocycles. The standard InChI is InChI=1S/C13H14N4O2/c1-2-19-11-6-5-9(8-10(11)14)13(18)16-12-4-3-7-15-17-12/h3-8H,2,14H2,1H3,(H,16,17,18). The maximum absolute atomic E-state index is 12.0. The van der Waals surface area contributed by atoms with Gasteiger partial charge in [0.2, 0.25) is 0 Å². The van der Waals surface area contributed by atoms with E-state index in [1.807, 2.05) is 6.92 Å². The third-order valence-corrected chi connectivity index (χ3v) is 2.39. The van der Waals surface area contributed by atoms with Gasteiger partial charge in [0, 0.05) is 11.8 Å². The van der Waals surface area contributed by atoms with E-state index in [0.717, 1.165) is 0 Å². The molecule has 1 amide bonds. The second-order valence-corrected chi connectivity index (χ2v) is 3.75. The maximum Gasteiger partial charge on any atom is 0.256 e. The van der Waals surface area contributed by atoms with Gasteiger partial charge in [0.25, 0.3) is 5.91 Å². The SMILES string of the molecule is CCOc1ccc(C(=O)Nc2cccnn2)cc1N. The molecule has 0 aliphatic heterocycles. The van der Waals surface area contributed by atoms with Crippen molar-refractivity contribution < 1.29 is 9.53 Å². The molecule has 0 atom stereocenters. The van der Waals surface area contributed by atoms with Crippen LogP contribution in [0.2, 0.25) is 0 Å². The van der Waals surface area contributed by atoms with Crippen LogP contribution in [0, 0.1) is 0 Å². The largest absolute Gasteiger partial charge is 0.492 e. The zero-order valence-electron chi connectivity index (χ0n) is 10.5. The molecule has 98 valence electrons. The molecule has 0 saturated heterocycles. The summed E-state index contributed by atoms with van der Waals surface area (Å²) in [6.45, 7) is 2.39. The van der Waals surface area contributed by atoms with Gasteiger partial charge in [-0.2, -0.15) is 5.10 Å². The molecule has 0 unspecified atom stereocenters.